The van der Waals surface area contributed by atoms with Gasteiger partial charge in [-0.2, -0.15) is 4.31 Å². The van der Waals surface area contributed by atoms with Crippen LogP contribution in [0.15, 0.2) is 34.1 Å². The van der Waals surface area contributed by atoms with E-state index in [2.05, 4.69) is 16.5 Å². The van der Waals surface area contributed by atoms with Crippen molar-refractivity contribution in [2.45, 2.75) is 55.2 Å². The van der Waals surface area contributed by atoms with Gasteiger partial charge in [0.1, 0.15) is 0 Å². The van der Waals surface area contributed by atoms with Crippen LogP contribution >= 0.6 is 0 Å². The van der Waals surface area contributed by atoms with Gasteiger partial charge in [-0.15, -0.1) is 0 Å². The summed E-state index contributed by atoms with van der Waals surface area (Å²) in [4.78, 5) is 2.64. The zero-order valence-corrected chi connectivity index (χ0v) is 18.8. The Bertz CT molecular complexity index is 863. The van der Waals surface area contributed by atoms with E-state index in [4.69, 9.17) is 0 Å². The van der Waals surface area contributed by atoms with Crippen LogP contribution in [-0.4, -0.2) is 65.3 Å². The number of sulfonamides is 2. The summed E-state index contributed by atoms with van der Waals surface area (Å²) in [6.07, 6.45) is 6.02. The quantitative estimate of drug-likeness (QED) is 0.623. The molecular formula is C20H33N3O4S2. The number of likely N-dealkylation sites (tertiary alicyclic amines) is 1. The van der Waals surface area contributed by atoms with Crippen molar-refractivity contribution in [3.05, 3.63) is 24.3 Å². The van der Waals surface area contributed by atoms with Gasteiger partial charge in [-0.25, -0.2) is 21.6 Å². The number of nitrogens with zero attached hydrogens (tertiary/aromatic N) is 2. The molecule has 0 spiro atoms. The van der Waals surface area contributed by atoms with E-state index in [1.165, 1.54) is 41.4 Å². The molecule has 1 atom stereocenters. The zero-order chi connectivity index (χ0) is 20.9. The minimum Gasteiger partial charge on any atom is -0.303 e. The number of hydrogen-bond donors (Lipinski definition) is 1. The van der Waals surface area contributed by atoms with Gasteiger partial charge < -0.3 is 4.90 Å². The number of nitrogens with one attached hydrogen (secondary N) is 1. The SMILES string of the molecule is CC1CCCN(CCCNS(=O)(=O)c2ccc(S(=O)(=O)N3CCCCC3)cc2)C1. The third-order valence-corrected chi connectivity index (χ3v) is 9.16. The molecule has 1 aromatic rings. The minimum absolute atomic E-state index is 0.0988. The Morgan fingerprint density at radius 3 is 2.24 bits per heavy atom. The van der Waals surface area contributed by atoms with Crippen LogP contribution in [0.4, 0.5) is 0 Å². The molecule has 1 N–H and O–H groups in total. The lowest BCUT2D eigenvalue weighted by Crippen LogP contribution is -2.36. The van der Waals surface area contributed by atoms with Crippen LogP contribution in [0.3, 0.4) is 0 Å². The predicted molar refractivity (Wildman–Crippen MR) is 114 cm³/mol. The van der Waals surface area contributed by atoms with Crippen molar-refractivity contribution < 1.29 is 16.8 Å². The van der Waals surface area contributed by atoms with E-state index in [0.29, 0.717) is 25.6 Å². The van der Waals surface area contributed by atoms with Crippen LogP contribution in [0.5, 0.6) is 0 Å². The number of piperidine rings is 2. The summed E-state index contributed by atoms with van der Waals surface area (Å²) in [6, 6.07) is 5.55. The maximum absolute atomic E-state index is 12.7. The summed E-state index contributed by atoms with van der Waals surface area (Å²) in [5.74, 6) is 0.708. The molecule has 2 saturated heterocycles. The van der Waals surface area contributed by atoms with E-state index in [1.807, 2.05) is 0 Å². The Kier molecular flexibility index (Phi) is 7.72. The summed E-state index contributed by atoms with van der Waals surface area (Å²) >= 11 is 0. The molecule has 7 nitrogen and oxygen atoms in total. The van der Waals surface area contributed by atoms with E-state index in [1.54, 1.807) is 0 Å². The second-order valence-corrected chi connectivity index (χ2v) is 11.9. The molecule has 0 radical (unpaired) electrons. The lowest BCUT2D eigenvalue weighted by Gasteiger charge is -2.30. The first-order valence-corrected chi connectivity index (χ1v) is 13.5. The number of hydrogen-bond acceptors (Lipinski definition) is 5. The lowest BCUT2D eigenvalue weighted by molar-refractivity contribution is 0.182. The fraction of sp³-hybridized carbons (Fsp3) is 0.700. The molecular weight excluding hydrogens is 410 g/mol. The van der Waals surface area contributed by atoms with E-state index in [0.717, 1.165) is 45.3 Å². The van der Waals surface area contributed by atoms with Crippen molar-refractivity contribution in [2.24, 2.45) is 5.92 Å². The Morgan fingerprint density at radius 2 is 1.59 bits per heavy atom. The van der Waals surface area contributed by atoms with Crippen LogP contribution in [-0.2, 0) is 20.0 Å². The molecule has 1 unspecified atom stereocenters. The summed E-state index contributed by atoms with van der Waals surface area (Å²) in [6.45, 7) is 6.74. The second kappa shape index (κ2) is 9.87. The van der Waals surface area contributed by atoms with Gasteiger partial charge in [0.15, 0.2) is 0 Å². The topological polar surface area (TPSA) is 86.8 Å². The molecule has 164 valence electrons. The van der Waals surface area contributed by atoms with Crippen LogP contribution in [0.2, 0.25) is 0 Å². The van der Waals surface area contributed by atoms with Crippen molar-refractivity contribution in [1.29, 1.82) is 0 Å². The fourth-order valence-corrected chi connectivity index (χ4v) is 6.72. The molecule has 2 aliphatic heterocycles. The Morgan fingerprint density at radius 1 is 0.931 bits per heavy atom. The molecule has 2 aliphatic rings. The molecule has 2 fully saturated rings. The van der Waals surface area contributed by atoms with E-state index < -0.39 is 20.0 Å². The highest BCUT2D eigenvalue weighted by atomic mass is 32.2. The normalized spacial score (nSPS) is 22.6. The van der Waals surface area contributed by atoms with Crippen LogP contribution in [0.25, 0.3) is 0 Å². The largest absolute Gasteiger partial charge is 0.303 e. The van der Waals surface area contributed by atoms with Crippen LogP contribution in [0.1, 0.15) is 45.4 Å². The fourth-order valence-electron chi connectivity index (χ4n) is 4.13. The summed E-state index contributed by atoms with van der Waals surface area (Å²) in [5, 5.41) is 0. The van der Waals surface area contributed by atoms with Gasteiger partial charge in [0.2, 0.25) is 20.0 Å². The van der Waals surface area contributed by atoms with Gasteiger partial charge in [0, 0.05) is 26.2 Å². The third-order valence-electron chi connectivity index (χ3n) is 5.77. The van der Waals surface area contributed by atoms with Gasteiger partial charge in [-0.3, -0.25) is 0 Å². The van der Waals surface area contributed by atoms with E-state index >= 15 is 0 Å². The number of benzene rings is 1. The molecule has 0 amide bonds. The summed E-state index contributed by atoms with van der Waals surface area (Å²) in [5.41, 5.74) is 0. The predicted octanol–water partition coefficient (Wildman–Crippen LogP) is 2.26. The summed E-state index contributed by atoms with van der Waals surface area (Å²) in [7, 11) is -7.19. The Hall–Kier alpha value is -1.00. The molecule has 29 heavy (non-hydrogen) atoms. The van der Waals surface area contributed by atoms with Crippen LogP contribution < -0.4 is 4.72 Å². The first kappa shape index (κ1) is 22.7. The minimum atomic E-state index is -3.64. The van der Waals surface area contributed by atoms with Crippen molar-refractivity contribution in [3.63, 3.8) is 0 Å². The number of rotatable bonds is 8. The Labute approximate surface area is 175 Å². The summed E-state index contributed by atoms with van der Waals surface area (Å²) < 4.78 is 54.5. The first-order valence-electron chi connectivity index (χ1n) is 10.6. The highest BCUT2D eigenvalue weighted by Crippen LogP contribution is 2.22. The van der Waals surface area contributed by atoms with Crippen molar-refractivity contribution in [3.8, 4) is 0 Å². The van der Waals surface area contributed by atoms with Crippen molar-refractivity contribution >= 4 is 20.0 Å². The van der Waals surface area contributed by atoms with Gasteiger partial charge in [0.25, 0.3) is 0 Å². The molecule has 3 rings (SSSR count). The highest BCUT2D eigenvalue weighted by molar-refractivity contribution is 7.89. The van der Waals surface area contributed by atoms with Crippen molar-refractivity contribution in [2.75, 3.05) is 39.3 Å². The zero-order valence-electron chi connectivity index (χ0n) is 17.2. The second-order valence-electron chi connectivity index (χ2n) is 8.24. The Balaban J connectivity index is 1.54. The molecule has 0 bridgehead atoms. The average Bonchev–Trinajstić information content (AvgIpc) is 2.72. The molecule has 0 aromatic heterocycles. The molecule has 0 saturated carbocycles. The standard InChI is InChI=1S/C20H33N3O4S2/c1-18-7-5-13-22(17-18)14-6-12-21-28(24,25)19-8-10-20(11-9-19)29(26,27)23-15-3-2-4-16-23/h8-11,18,21H,2-7,12-17H2,1H3. The smallest absolute Gasteiger partial charge is 0.243 e. The van der Waals surface area contributed by atoms with E-state index in [9.17, 15) is 16.8 Å². The first-order chi connectivity index (χ1) is 13.8. The molecule has 9 heteroatoms. The molecule has 0 aliphatic carbocycles. The van der Waals surface area contributed by atoms with Gasteiger partial charge in [0.05, 0.1) is 9.79 Å². The average molecular weight is 444 g/mol. The van der Waals surface area contributed by atoms with Gasteiger partial charge in [-0.1, -0.05) is 13.3 Å². The van der Waals surface area contributed by atoms with Gasteiger partial charge in [-0.05, 0) is 75.4 Å². The monoisotopic (exact) mass is 443 g/mol. The maximum atomic E-state index is 12.7. The van der Waals surface area contributed by atoms with E-state index in [-0.39, 0.29) is 9.79 Å². The highest BCUT2D eigenvalue weighted by Gasteiger charge is 2.26. The third kappa shape index (κ3) is 6.01. The maximum Gasteiger partial charge on any atom is 0.243 e. The lowest BCUT2D eigenvalue weighted by atomic mass is 10.0. The van der Waals surface area contributed by atoms with Gasteiger partial charge >= 0.3 is 0 Å². The van der Waals surface area contributed by atoms with Crippen LogP contribution in [0, 0.1) is 5.92 Å². The van der Waals surface area contributed by atoms with Crippen molar-refractivity contribution in [1.82, 2.24) is 13.9 Å². The molecule has 2 heterocycles. The molecule has 1 aromatic carbocycles.